The molecule has 0 radical (unpaired) electrons. The highest BCUT2D eigenvalue weighted by Gasteiger charge is 2.30. The van der Waals surface area contributed by atoms with Crippen molar-refractivity contribution in [3.63, 3.8) is 0 Å². The summed E-state index contributed by atoms with van der Waals surface area (Å²) in [5, 5.41) is 0. The molecule has 0 aliphatic heterocycles. The first-order valence-corrected chi connectivity index (χ1v) is 5.67. The fourth-order valence-electron chi connectivity index (χ4n) is 2.41. The van der Waals surface area contributed by atoms with Gasteiger partial charge in [0.15, 0.2) is 0 Å². The Balaban J connectivity index is 1.89. The molecule has 1 heterocycles. The maximum Gasteiger partial charge on any atom is 0.135 e. The van der Waals surface area contributed by atoms with Crippen LogP contribution in [0.3, 0.4) is 0 Å². The Morgan fingerprint density at radius 2 is 2.40 bits per heavy atom. The first kappa shape index (κ1) is 10.4. The van der Waals surface area contributed by atoms with Crippen LogP contribution in [0.4, 0.5) is 0 Å². The predicted octanol–water partition coefficient (Wildman–Crippen LogP) is 1.97. The van der Waals surface area contributed by atoms with E-state index in [1.165, 1.54) is 0 Å². The van der Waals surface area contributed by atoms with E-state index in [4.69, 9.17) is 0 Å². The fourth-order valence-corrected chi connectivity index (χ4v) is 2.41. The average molecular weight is 206 g/mol. The van der Waals surface area contributed by atoms with Crippen molar-refractivity contribution in [2.75, 3.05) is 0 Å². The summed E-state index contributed by atoms with van der Waals surface area (Å²) < 4.78 is 2.06. The van der Waals surface area contributed by atoms with E-state index in [0.717, 1.165) is 31.5 Å². The molecule has 3 heteroatoms. The smallest absolute Gasteiger partial charge is 0.135 e. The van der Waals surface area contributed by atoms with Gasteiger partial charge >= 0.3 is 0 Å². The summed E-state index contributed by atoms with van der Waals surface area (Å²) in [6.45, 7) is 2.07. The topological polar surface area (TPSA) is 34.9 Å². The van der Waals surface area contributed by atoms with Gasteiger partial charge in [-0.25, -0.2) is 4.98 Å². The van der Waals surface area contributed by atoms with Gasteiger partial charge < -0.3 is 4.57 Å². The van der Waals surface area contributed by atoms with Crippen LogP contribution in [0.1, 0.15) is 32.0 Å². The molecular formula is C12H18N2O. The third-order valence-electron chi connectivity index (χ3n) is 3.64. The lowest BCUT2D eigenvalue weighted by Gasteiger charge is -2.13. The number of carbonyl (C=O) groups excluding carboxylic acids is 1. The molecule has 0 aromatic carbocycles. The van der Waals surface area contributed by atoms with Crippen molar-refractivity contribution in [3.8, 4) is 0 Å². The molecule has 3 nitrogen and oxygen atoms in total. The molecular weight excluding hydrogens is 188 g/mol. The van der Waals surface area contributed by atoms with Gasteiger partial charge in [-0.2, -0.15) is 0 Å². The number of Topliss-reactive ketones (excluding diaryl/α,β-unsaturated/α-hetero) is 1. The molecule has 0 spiro atoms. The van der Waals surface area contributed by atoms with Crippen molar-refractivity contribution in [3.05, 3.63) is 18.2 Å². The Kier molecular flexibility index (Phi) is 2.89. The van der Waals surface area contributed by atoms with Crippen molar-refractivity contribution < 1.29 is 4.79 Å². The number of imidazole rings is 1. The molecule has 2 rings (SSSR count). The lowest BCUT2D eigenvalue weighted by Crippen LogP contribution is -2.12. The molecule has 82 valence electrons. The van der Waals surface area contributed by atoms with Crippen LogP contribution in [-0.2, 0) is 18.3 Å². The Bertz CT molecular complexity index is 356. The number of rotatable bonds is 3. The summed E-state index contributed by atoms with van der Waals surface area (Å²) in [5.74, 6) is 2.42. The molecule has 0 N–H and O–H groups in total. The number of aryl methyl sites for hydroxylation is 2. The number of hydrogen-bond donors (Lipinski definition) is 0. The summed E-state index contributed by atoms with van der Waals surface area (Å²) in [5.41, 5.74) is 0. The van der Waals surface area contributed by atoms with E-state index in [1.54, 1.807) is 0 Å². The SMILES string of the molecule is CC1C(=O)CCC1CCc1nccn1C. The minimum atomic E-state index is 0.269. The van der Waals surface area contributed by atoms with Gasteiger partial charge in [-0.05, 0) is 18.8 Å². The molecule has 1 aromatic rings. The Morgan fingerprint density at radius 1 is 1.60 bits per heavy atom. The number of aromatic nitrogens is 2. The van der Waals surface area contributed by atoms with E-state index in [1.807, 2.05) is 19.4 Å². The maximum absolute atomic E-state index is 11.4. The highest BCUT2D eigenvalue weighted by Crippen LogP contribution is 2.31. The Hall–Kier alpha value is -1.12. The number of nitrogens with zero attached hydrogens (tertiary/aromatic N) is 2. The predicted molar refractivity (Wildman–Crippen MR) is 58.4 cm³/mol. The summed E-state index contributed by atoms with van der Waals surface area (Å²) in [6, 6.07) is 0. The van der Waals surface area contributed by atoms with Crippen LogP contribution >= 0.6 is 0 Å². The molecule has 2 atom stereocenters. The van der Waals surface area contributed by atoms with Gasteiger partial charge in [0.25, 0.3) is 0 Å². The molecule has 1 aliphatic carbocycles. The first-order chi connectivity index (χ1) is 7.18. The van der Waals surface area contributed by atoms with Crippen molar-refractivity contribution >= 4 is 5.78 Å². The molecule has 0 bridgehead atoms. The zero-order valence-corrected chi connectivity index (χ0v) is 9.44. The van der Waals surface area contributed by atoms with Gasteiger partial charge in [0.2, 0.25) is 0 Å². The van der Waals surface area contributed by atoms with Gasteiger partial charge in [-0.3, -0.25) is 4.79 Å². The van der Waals surface area contributed by atoms with Crippen LogP contribution in [0, 0.1) is 11.8 Å². The number of ketones is 1. The minimum Gasteiger partial charge on any atom is -0.338 e. The van der Waals surface area contributed by atoms with Gasteiger partial charge in [-0.15, -0.1) is 0 Å². The largest absolute Gasteiger partial charge is 0.338 e. The third kappa shape index (κ3) is 2.11. The van der Waals surface area contributed by atoms with Crippen LogP contribution < -0.4 is 0 Å². The highest BCUT2D eigenvalue weighted by atomic mass is 16.1. The second kappa shape index (κ2) is 4.17. The van der Waals surface area contributed by atoms with Crippen LogP contribution in [0.15, 0.2) is 12.4 Å². The monoisotopic (exact) mass is 206 g/mol. The number of carbonyl (C=O) groups is 1. The van der Waals surface area contributed by atoms with Gasteiger partial charge in [0.1, 0.15) is 11.6 Å². The van der Waals surface area contributed by atoms with E-state index in [-0.39, 0.29) is 5.92 Å². The standard InChI is InChI=1S/C12H18N2O/c1-9-10(3-5-11(9)15)4-6-12-13-7-8-14(12)2/h7-10H,3-6H2,1-2H3. The normalized spacial score (nSPS) is 26.1. The zero-order chi connectivity index (χ0) is 10.8. The summed E-state index contributed by atoms with van der Waals surface area (Å²) in [7, 11) is 2.02. The molecule has 1 aromatic heterocycles. The van der Waals surface area contributed by atoms with Crippen molar-refractivity contribution in [1.82, 2.24) is 9.55 Å². The first-order valence-electron chi connectivity index (χ1n) is 5.67. The summed E-state index contributed by atoms with van der Waals surface area (Å²) in [4.78, 5) is 15.7. The molecule has 1 aliphatic rings. The molecule has 0 amide bonds. The average Bonchev–Trinajstić information content (AvgIpc) is 2.74. The molecule has 2 unspecified atom stereocenters. The van der Waals surface area contributed by atoms with Crippen LogP contribution in [0.2, 0.25) is 0 Å². The van der Waals surface area contributed by atoms with E-state index < -0.39 is 0 Å². The van der Waals surface area contributed by atoms with Crippen LogP contribution in [0.25, 0.3) is 0 Å². The quantitative estimate of drug-likeness (QED) is 0.757. The van der Waals surface area contributed by atoms with Crippen molar-refractivity contribution in [2.45, 2.75) is 32.6 Å². The lowest BCUT2D eigenvalue weighted by atomic mass is 9.93. The maximum atomic E-state index is 11.4. The number of hydrogen-bond acceptors (Lipinski definition) is 2. The second-order valence-electron chi connectivity index (χ2n) is 4.55. The Morgan fingerprint density at radius 3 is 2.93 bits per heavy atom. The van der Waals surface area contributed by atoms with Crippen LogP contribution in [0.5, 0.6) is 0 Å². The van der Waals surface area contributed by atoms with E-state index in [2.05, 4.69) is 16.5 Å². The van der Waals surface area contributed by atoms with E-state index >= 15 is 0 Å². The van der Waals surface area contributed by atoms with Gasteiger partial charge in [0, 0.05) is 38.2 Å². The third-order valence-corrected chi connectivity index (χ3v) is 3.64. The van der Waals surface area contributed by atoms with Crippen molar-refractivity contribution in [2.24, 2.45) is 18.9 Å². The fraction of sp³-hybridized carbons (Fsp3) is 0.667. The van der Waals surface area contributed by atoms with Gasteiger partial charge in [-0.1, -0.05) is 6.92 Å². The lowest BCUT2D eigenvalue weighted by molar-refractivity contribution is -0.120. The molecule has 0 saturated heterocycles. The van der Waals surface area contributed by atoms with Crippen molar-refractivity contribution in [1.29, 1.82) is 0 Å². The second-order valence-corrected chi connectivity index (χ2v) is 4.55. The Labute approximate surface area is 90.5 Å². The van der Waals surface area contributed by atoms with Crippen LogP contribution in [-0.4, -0.2) is 15.3 Å². The molecule has 15 heavy (non-hydrogen) atoms. The van der Waals surface area contributed by atoms with Gasteiger partial charge in [0.05, 0.1) is 0 Å². The molecule has 1 saturated carbocycles. The van der Waals surface area contributed by atoms with E-state index in [0.29, 0.717) is 11.7 Å². The zero-order valence-electron chi connectivity index (χ0n) is 9.44. The minimum absolute atomic E-state index is 0.269. The van der Waals surface area contributed by atoms with E-state index in [9.17, 15) is 4.79 Å². The summed E-state index contributed by atoms with van der Waals surface area (Å²) in [6.07, 6.45) is 7.75. The highest BCUT2D eigenvalue weighted by molar-refractivity contribution is 5.82. The molecule has 1 fully saturated rings. The summed E-state index contributed by atoms with van der Waals surface area (Å²) >= 11 is 0.